The summed E-state index contributed by atoms with van der Waals surface area (Å²) in [5.41, 5.74) is 7.30. The van der Waals surface area contributed by atoms with Gasteiger partial charge in [-0.3, -0.25) is 4.79 Å². The van der Waals surface area contributed by atoms with Crippen LogP contribution in [-0.4, -0.2) is 5.91 Å². The van der Waals surface area contributed by atoms with E-state index in [1.54, 1.807) is 11.3 Å². The van der Waals surface area contributed by atoms with Gasteiger partial charge in [0.25, 0.3) is 0 Å². The molecule has 3 heteroatoms. The van der Waals surface area contributed by atoms with Gasteiger partial charge in [-0.1, -0.05) is 6.42 Å². The van der Waals surface area contributed by atoms with Crippen LogP contribution < -0.4 is 5.73 Å². The number of hydrogen-bond donors (Lipinski definition) is 1. The Morgan fingerprint density at radius 3 is 2.85 bits per heavy atom. The SMILES string of the molecule is NC(=O)c1csc2c1CCCCC2. The Kier molecular flexibility index (Phi) is 2.36. The molecule has 0 bridgehead atoms. The number of aryl methyl sites for hydroxylation is 1. The van der Waals surface area contributed by atoms with Gasteiger partial charge in [0.1, 0.15) is 0 Å². The van der Waals surface area contributed by atoms with E-state index in [2.05, 4.69) is 0 Å². The quantitative estimate of drug-likeness (QED) is 0.685. The molecular weight excluding hydrogens is 182 g/mol. The third-order valence-electron chi connectivity index (χ3n) is 2.58. The Balaban J connectivity index is 2.39. The summed E-state index contributed by atoms with van der Waals surface area (Å²) in [7, 11) is 0. The summed E-state index contributed by atoms with van der Waals surface area (Å²) in [6, 6.07) is 0. The predicted molar refractivity (Wildman–Crippen MR) is 54.1 cm³/mol. The molecule has 0 radical (unpaired) electrons. The van der Waals surface area contributed by atoms with Crippen LogP contribution >= 0.6 is 11.3 Å². The Morgan fingerprint density at radius 2 is 2.08 bits per heavy atom. The maximum atomic E-state index is 11.1. The highest BCUT2D eigenvalue weighted by Crippen LogP contribution is 2.28. The average Bonchev–Trinajstić information content (AvgIpc) is 2.36. The highest BCUT2D eigenvalue weighted by atomic mass is 32.1. The van der Waals surface area contributed by atoms with Crippen molar-refractivity contribution >= 4 is 17.2 Å². The average molecular weight is 195 g/mol. The summed E-state index contributed by atoms with van der Waals surface area (Å²) in [5.74, 6) is -0.264. The van der Waals surface area contributed by atoms with Gasteiger partial charge in [-0.05, 0) is 31.2 Å². The molecule has 0 unspecified atom stereocenters. The molecule has 2 rings (SSSR count). The van der Waals surface area contributed by atoms with Gasteiger partial charge < -0.3 is 5.73 Å². The van der Waals surface area contributed by atoms with Crippen molar-refractivity contribution < 1.29 is 4.79 Å². The Hall–Kier alpha value is -0.830. The van der Waals surface area contributed by atoms with Gasteiger partial charge in [-0.15, -0.1) is 11.3 Å². The van der Waals surface area contributed by atoms with Crippen LogP contribution in [0.3, 0.4) is 0 Å². The van der Waals surface area contributed by atoms with Crippen molar-refractivity contribution in [2.75, 3.05) is 0 Å². The molecular formula is C10H13NOS. The number of rotatable bonds is 1. The molecule has 1 aromatic heterocycles. The molecule has 1 aromatic rings. The van der Waals surface area contributed by atoms with Crippen molar-refractivity contribution in [1.29, 1.82) is 0 Å². The predicted octanol–water partition coefficient (Wildman–Crippen LogP) is 2.12. The fourth-order valence-electron chi connectivity index (χ4n) is 1.88. The van der Waals surface area contributed by atoms with Crippen molar-refractivity contribution in [2.24, 2.45) is 5.73 Å². The molecule has 1 heterocycles. The largest absolute Gasteiger partial charge is 0.366 e. The number of thiophene rings is 1. The van der Waals surface area contributed by atoms with Gasteiger partial charge in [-0.25, -0.2) is 0 Å². The van der Waals surface area contributed by atoms with Crippen molar-refractivity contribution in [3.05, 3.63) is 21.4 Å². The molecule has 2 N–H and O–H groups in total. The van der Waals surface area contributed by atoms with Gasteiger partial charge >= 0.3 is 0 Å². The molecule has 0 saturated heterocycles. The lowest BCUT2D eigenvalue weighted by Gasteiger charge is -1.99. The van der Waals surface area contributed by atoms with Crippen molar-refractivity contribution in [3.63, 3.8) is 0 Å². The van der Waals surface area contributed by atoms with Crippen molar-refractivity contribution in [1.82, 2.24) is 0 Å². The number of carbonyl (C=O) groups excluding carboxylic acids is 1. The minimum Gasteiger partial charge on any atom is -0.366 e. The van der Waals surface area contributed by atoms with E-state index in [4.69, 9.17) is 5.73 Å². The van der Waals surface area contributed by atoms with E-state index in [-0.39, 0.29) is 5.91 Å². The fraction of sp³-hybridized carbons (Fsp3) is 0.500. The third kappa shape index (κ3) is 1.61. The summed E-state index contributed by atoms with van der Waals surface area (Å²) in [6.07, 6.45) is 5.90. The number of hydrogen-bond acceptors (Lipinski definition) is 2. The van der Waals surface area contributed by atoms with E-state index in [1.165, 1.54) is 29.7 Å². The lowest BCUT2D eigenvalue weighted by Crippen LogP contribution is -2.12. The number of amides is 1. The lowest BCUT2D eigenvalue weighted by atomic mass is 10.1. The summed E-state index contributed by atoms with van der Waals surface area (Å²) in [4.78, 5) is 12.5. The molecule has 0 saturated carbocycles. The molecule has 1 aliphatic carbocycles. The van der Waals surface area contributed by atoms with Gasteiger partial charge in [0.2, 0.25) is 5.91 Å². The Labute approximate surface area is 81.8 Å². The fourth-order valence-corrected chi connectivity index (χ4v) is 3.01. The van der Waals surface area contributed by atoms with Crippen LogP contribution in [0.25, 0.3) is 0 Å². The van der Waals surface area contributed by atoms with Crippen LogP contribution in [0.5, 0.6) is 0 Å². The second-order valence-electron chi connectivity index (χ2n) is 3.48. The first-order chi connectivity index (χ1) is 6.29. The zero-order valence-electron chi connectivity index (χ0n) is 7.51. The third-order valence-corrected chi connectivity index (χ3v) is 3.67. The molecule has 0 fully saturated rings. The van der Waals surface area contributed by atoms with E-state index in [9.17, 15) is 4.79 Å². The van der Waals surface area contributed by atoms with E-state index < -0.39 is 0 Å². The minimum absolute atomic E-state index is 0.264. The zero-order chi connectivity index (χ0) is 9.26. The van der Waals surface area contributed by atoms with Crippen LogP contribution in [0.2, 0.25) is 0 Å². The zero-order valence-corrected chi connectivity index (χ0v) is 8.32. The first-order valence-electron chi connectivity index (χ1n) is 4.68. The first kappa shape index (κ1) is 8.75. The van der Waals surface area contributed by atoms with Crippen LogP contribution in [0.1, 0.15) is 40.1 Å². The van der Waals surface area contributed by atoms with Gasteiger partial charge in [0, 0.05) is 10.3 Å². The first-order valence-corrected chi connectivity index (χ1v) is 5.56. The second-order valence-corrected chi connectivity index (χ2v) is 4.44. The maximum Gasteiger partial charge on any atom is 0.249 e. The normalized spacial score (nSPS) is 16.3. The number of carbonyl (C=O) groups is 1. The Morgan fingerprint density at radius 1 is 1.31 bits per heavy atom. The molecule has 13 heavy (non-hydrogen) atoms. The van der Waals surface area contributed by atoms with E-state index in [0.29, 0.717) is 0 Å². The van der Waals surface area contributed by atoms with Crippen molar-refractivity contribution in [2.45, 2.75) is 32.1 Å². The summed E-state index contributed by atoms with van der Waals surface area (Å²) in [5, 5.41) is 1.92. The molecule has 70 valence electrons. The molecule has 2 nitrogen and oxygen atoms in total. The molecule has 1 amide bonds. The standard InChI is InChI=1S/C10H13NOS/c11-10(12)8-6-13-9-5-3-1-2-4-7(8)9/h6H,1-5H2,(H2,11,12). The van der Waals surface area contributed by atoms with Crippen LogP contribution in [-0.2, 0) is 12.8 Å². The second kappa shape index (κ2) is 3.50. The molecule has 0 aliphatic heterocycles. The number of fused-ring (bicyclic) bond motifs is 1. The van der Waals surface area contributed by atoms with Crippen LogP contribution in [0.4, 0.5) is 0 Å². The van der Waals surface area contributed by atoms with Crippen LogP contribution in [0.15, 0.2) is 5.38 Å². The highest BCUT2D eigenvalue weighted by molar-refractivity contribution is 7.10. The summed E-state index contributed by atoms with van der Waals surface area (Å²) in [6.45, 7) is 0. The van der Waals surface area contributed by atoms with Crippen molar-refractivity contribution in [3.8, 4) is 0 Å². The Bertz CT molecular complexity index is 330. The van der Waals surface area contributed by atoms with Crippen LogP contribution in [0, 0.1) is 0 Å². The number of nitrogens with two attached hydrogens (primary N) is 1. The van der Waals surface area contributed by atoms with Gasteiger partial charge in [0.15, 0.2) is 0 Å². The monoisotopic (exact) mass is 195 g/mol. The molecule has 0 atom stereocenters. The highest BCUT2D eigenvalue weighted by Gasteiger charge is 2.16. The summed E-state index contributed by atoms with van der Waals surface area (Å²) >= 11 is 1.69. The van der Waals surface area contributed by atoms with Gasteiger partial charge in [-0.2, -0.15) is 0 Å². The topological polar surface area (TPSA) is 43.1 Å². The lowest BCUT2D eigenvalue weighted by molar-refractivity contribution is 0.1000. The van der Waals surface area contributed by atoms with E-state index >= 15 is 0 Å². The van der Waals surface area contributed by atoms with E-state index in [0.717, 1.165) is 18.4 Å². The smallest absolute Gasteiger partial charge is 0.249 e. The molecule has 0 aromatic carbocycles. The van der Waals surface area contributed by atoms with Gasteiger partial charge in [0.05, 0.1) is 5.56 Å². The molecule has 0 spiro atoms. The number of primary amides is 1. The molecule has 1 aliphatic rings. The minimum atomic E-state index is -0.264. The summed E-state index contributed by atoms with van der Waals surface area (Å²) < 4.78 is 0. The van der Waals surface area contributed by atoms with E-state index in [1.807, 2.05) is 5.38 Å². The maximum absolute atomic E-state index is 11.1.